The summed E-state index contributed by atoms with van der Waals surface area (Å²) in [5.74, 6) is 0.667. The summed E-state index contributed by atoms with van der Waals surface area (Å²) in [6, 6.07) is 7.77. The lowest BCUT2D eigenvalue weighted by Gasteiger charge is -2.01. The van der Waals surface area contributed by atoms with E-state index in [2.05, 4.69) is 15.5 Å². The van der Waals surface area contributed by atoms with Crippen LogP contribution in [0.2, 0.25) is 0 Å². The van der Waals surface area contributed by atoms with Crippen LogP contribution in [0.5, 0.6) is 5.75 Å². The molecule has 0 bridgehead atoms. The highest BCUT2D eigenvalue weighted by molar-refractivity contribution is 7.15. The number of nitrogens with one attached hydrogen (secondary N) is 1. The number of hydrogen-bond donors (Lipinski definition) is 2. The lowest BCUT2D eigenvalue weighted by Crippen LogP contribution is -2.15. The average Bonchev–Trinajstić information content (AvgIpc) is 2.86. The number of anilines is 1. The van der Waals surface area contributed by atoms with Gasteiger partial charge in [0.15, 0.2) is 0 Å². The number of carbonyl (C=O) groups is 1. The fourth-order valence-corrected chi connectivity index (χ4v) is 2.44. The van der Waals surface area contributed by atoms with Gasteiger partial charge in [0.05, 0.1) is 7.11 Å². The van der Waals surface area contributed by atoms with Gasteiger partial charge in [-0.25, -0.2) is 0 Å². The van der Waals surface area contributed by atoms with Crippen molar-refractivity contribution in [2.24, 2.45) is 5.73 Å². The van der Waals surface area contributed by atoms with Crippen molar-refractivity contribution in [3.8, 4) is 5.75 Å². The third kappa shape index (κ3) is 5.30. The Bertz CT molecular complexity index is 591. The number of rotatable bonds is 6. The SMILES string of the molecule is COc1cccc(Cc2nnc(NC(=O)CCN)s2)c1.Cl. The van der Waals surface area contributed by atoms with Gasteiger partial charge in [-0.3, -0.25) is 4.79 Å². The number of nitrogens with zero attached hydrogens (tertiary/aromatic N) is 2. The molecule has 1 amide bonds. The number of halogens is 1. The van der Waals surface area contributed by atoms with Gasteiger partial charge in [0, 0.05) is 19.4 Å². The number of nitrogens with two attached hydrogens (primary N) is 1. The molecule has 3 N–H and O–H groups in total. The van der Waals surface area contributed by atoms with Gasteiger partial charge in [-0.1, -0.05) is 23.5 Å². The van der Waals surface area contributed by atoms with Crippen LogP contribution < -0.4 is 15.8 Å². The van der Waals surface area contributed by atoms with E-state index >= 15 is 0 Å². The first kappa shape index (κ1) is 17.4. The molecular weight excluding hydrogens is 312 g/mol. The minimum atomic E-state index is -0.142. The molecule has 1 aromatic carbocycles. The van der Waals surface area contributed by atoms with Crippen LogP contribution >= 0.6 is 23.7 Å². The Morgan fingerprint density at radius 2 is 2.24 bits per heavy atom. The summed E-state index contributed by atoms with van der Waals surface area (Å²) < 4.78 is 5.18. The molecule has 0 spiro atoms. The molecule has 0 aliphatic rings. The molecule has 0 fully saturated rings. The molecule has 0 aliphatic carbocycles. The van der Waals surface area contributed by atoms with E-state index in [4.69, 9.17) is 10.5 Å². The van der Waals surface area contributed by atoms with Gasteiger partial charge >= 0.3 is 0 Å². The van der Waals surface area contributed by atoms with Gasteiger partial charge in [-0.2, -0.15) is 0 Å². The van der Waals surface area contributed by atoms with Crippen molar-refractivity contribution in [2.75, 3.05) is 19.0 Å². The zero-order valence-electron chi connectivity index (χ0n) is 11.5. The van der Waals surface area contributed by atoms with Gasteiger partial charge in [0.25, 0.3) is 0 Å². The van der Waals surface area contributed by atoms with Crippen LogP contribution in [0.1, 0.15) is 17.0 Å². The van der Waals surface area contributed by atoms with Crippen LogP contribution in [0.25, 0.3) is 0 Å². The van der Waals surface area contributed by atoms with Crippen molar-refractivity contribution in [3.05, 3.63) is 34.8 Å². The van der Waals surface area contributed by atoms with E-state index < -0.39 is 0 Å². The highest BCUT2D eigenvalue weighted by Gasteiger charge is 2.08. The van der Waals surface area contributed by atoms with Crippen molar-refractivity contribution < 1.29 is 9.53 Å². The zero-order valence-corrected chi connectivity index (χ0v) is 13.2. The predicted molar refractivity (Wildman–Crippen MR) is 85.3 cm³/mol. The summed E-state index contributed by atoms with van der Waals surface area (Å²) in [4.78, 5) is 11.4. The van der Waals surface area contributed by atoms with Crippen LogP contribution in [0.15, 0.2) is 24.3 Å². The van der Waals surface area contributed by atoms with E-state index in [0.717, 1.165) is 16.3 Å². The normalized spacial score (nSPS) is 9.81. The number of ether oxygens (including phenoxy) is 1. The molecule has 0 radical (unpaired) electrons. The first-order valence-electron chi connectivity index (χ1n) is 6.16. The quantitative estimate of drug-likeness (QED) is 0.844. The van der Waals surface area contributed by atoms with Crippen LogP contribution in [0.3, 0.4) is 0 Å². The summed E-state index contributed by atoms with van der Waals surface area (Å²) in [5, 5.41) is 12.0. The van der Waals surface area contributed by atoms with Gasteiger partial charge in [-0.05, 0) is 17.7 Å². The Kier molecular flexibility index (Phi) is 7.07. The Morgan fingerprint density at radius 1 is 1.43 bits per heavy atom. The Balaban J connectivity index is 0.00000220. The molecule has 1 heterocycles. The van der Waals surface area contributed by atoms with Crippen molar-refractivity contribution in [2.45, 2.75) is 12.8 Å². The highest BCUT2D eigenvalue weighted by atomic mass is 35.5. The maximum Gasteiger partial charge on any atom is 0.227 e. The zero-order chi connectivity index (χ0) is 14.4. The van der Waals surface area contributed by atoms with Crippen molar-refractivity contribution in [3.63, 3.8) is 0 Å². The van der Waals surface area contributed by atoms with E-state index in [-0.39, 0.29) is 24.7 Å². The van der Waals surface area contributed by atoms with Crippen LogP contribution in [-0.2, 0) is 11.2 Å². The maximum absolute atomic E-state index is 11.4. The number of methoxy groups -OCH3 is 1. The maximum atomic E-state index is 11.4. The van der Waals surface area contributed by atoms with Crippen LogP contribution in [0, 0.1) is 0 Å². The fraction of sp³-hybridized carbons (Fsp3) is 0.308. The van der Waals surface area contributed by atoms with Gasteiger partial charge in [0.1, 0.15) is 10.8 Å². The highest BCUT2D eigenvalue weighted by Crippen LogP contribution is 2.20. The van der Waals surface area contributed by atoms with Crippen molar-refractivity contribution in [1.29, 1.82) is 0 Å². The third-order valence-corrected chi connectivity index (χ3v) is 3.41. The smallest absolute Gasteiger partial charge is 0.227 e. The number of carbonyl (C=O) groups excluding carboxylic acids is 1. The van der Waals surface area contributed by atoms with E-state index in [9.17, 15) is 4.79 Å². The molecule has 0 unspecified atom stereocenters. The number of hydrogen-bond acceptors (Lipinski definition) is 6. The summed E-state index contributed by atoms with van der Waals surface area (Å²) in [7, 11) is 1.63. The minimum Gasteiger partial charge on any atom is -0.497 e. The lowest BCUT2D eigenvalue weighted by molar-refractivity contribution is -0.116. The van der Waals surface area contributed by atoms with Crippen LogP contribution in [-0.4, -0.2) is 29.8 Å². The van der Waals surface area contributed by atoms with Gasteiger partial charge < -0.3 is 15.8 Å². The Hall–Kier alpha value is -1.70. The average molecular weight is 329 g/mol. The lowest BCUT2D eigenvalue weighted by atomic mass is 10.1. The predicted octanol–water partition coefficient (Wildman–Crippen LogP) is 1.85. The molecule has 114 valence electrons. The van der Waals surface area contributed by atoms with Gasteiger partial charge in [-0.15, -0.1) is 22.6 Å². The molecule has 2 aromatic rings. The summed E-state index contributed by atoms with van der Waals surface area (Å²) >= 11 is 1.36. The second-order valence-electron chi connectivity index (χ2n) is 4.12. The van der Waals surface area contributed by atoms with E-state index in [1.807, 2.05) is 24.3 Å². The van der Waals surface area contributed by atoms with E-state index in [1.165, 1.54) is 11.3 Å². The molecule has 8 heteroatoms. The molecule has 2 rings (SSSR count). The summed E-state index contributed by atoms with van der Waals surface area (Å²) in [6.07, 6.45) is 0.937. The van der Waals surface area contributed by atoms with Crippen molar-refractivity contribution in [1.82, 2.24) is 10.2 Å². The van der Waals surface area contributed by atoms with Crippen LogP contribution in [0.4, 0.5) is 5.13 Å². The Labute approximate surface area is 133 Å². The number of aromatic nitrogens is 2. The topological polar surface area (TPSA) is 90.1 Å². The van der Waals surface area contributed by atoms with E-state index in [0.29, 0.717) is 18.1 Å². The van der Waals surface area contributed by atoms with Gasteiger partial charge in [0.2, 0.25) is 11.0 Å². The van der Waals surface area contributed by atoms with Crippen molar-refractivity contribution >= 4 is 34.8 Å². The molecule has 0 saturated heterocycles. The third-order valence-electron chi connectivity index (χ3n) is 2.57. The molecule has 0 saturated carbocycles. The molecule has 21 heavy (non-hydrogen) atoms. The minimum absolute atomic E-state index is 0. The standard InChI is InChI=1S/C13H16N4O2S.ClH/c1-19-10-4-2-3-9(7-10)8-12-16-17-13(20-12)15-11(18)5-6-14;/h2-4,7H,5-6,8,14H2,1H3,(H,15,17,18);1H. The number of amides is 1. The molecule has 1 aromatic heterocycles. The van der Waals surface area contributed by atoms with E-state index in [1.54, 1.807) is 7.11 Å². The second-order valence-corrected chi connectivity index (χ2v) is 5.18. The monoisotopic (exact) mass is 328 g/mol. The Morgan fingerprint density at radius 3 is 2.95 bits per heavy atom. The largest absolute Gasteiger partial charge is 0.497 e. The number of benzene rings is 1. The first-order chi connectivity index (χ1) is 9.71. The second kappa shape index (κ2) is 8.56. The summed E-state index contributed by atoms with van der Waals surface area (Å²) in [5.41, 5.74) is 6.40. The first-order valence-corrected chi connectivity index (χ1v) is 6.98. The molecular formula is C13H17ClN4O2S. The molecule has 6 nitrogen and oxygen atoms in total. The molecule has 0 atom stereocenters. The summed E-state index contributed by atoms with van der Waals surface area (Å²) in [6.45, 7) is 0.321. The molecule has 0 aliphatic heterocycles. The fourth-order valence-electron chi connectivity index (χ4n) is 1.65.